The largest absolute Gasteiger partial charge is 0.453 e. The lowest BCUT2D eigenvalue weighted by atomic mass is 9.77. The highest BCUT2D eigenvalue weighted by atomic mass is 16.6. The zero-order valence-electron chi connectivity index (χ0n) is 25.6. The standard InChI is InChI=1S/C41H29NO6/c42-35-34-30-22-21-25-18-10-17-24-19-20-29(33(30)32(24)25)23-31(34)36(46-39(43)26-11-4-1-5-12-26)38(48-41(45)28-15-8-3-9-16-28)37(35)47-40(44)27-13-6-2-7-14-27/h1-23,35-38H,42H2. The van der Waals surface area contributed by atoms with Gasteiger partial charge in [-0.05, 0) is 80.3 Å². The van der Waals surface area contributed by atoms with E-state index in [0.29, 0.717) is 22.3 Å². The molecule has 7 aromatic carbocycles. The van der Waals surface area contributed by atoms with E-state index in [1.54, 1.807) is 91.0 Å². The monoisotopic (exact) mass is 631 g/mol. The molecule has 7 heteroatoms. The SMILES string of the molecule is NC1c2c(cc3ccc4cccc5ccc2c3c45)C(OC(=O)c2ccccc2)C(OC(=O)c2ccccc2)C1OC(=O)c1ccccc1. The Bertz CT molecular complexity index is 2290. The second-order valence-corrected chi connectivity index (χ2v) is 11.9. The van der Waals surface area contributed by atoms with Crippen LogP contribution >= 0.6 is 0 Å². The summed E-state index contributed by atoms with van der Waals surface area (Å²) in [6.45, 7) is 0. The van der Waals surface area contributed by atoms with E-state index in [4.69, 9.17) is 19.9 Å². The lowest BCUT2D eigenvalue weighted by Gasteiger charge is -2.41. The van der Waals surface area contributed by atoms with Crippen molar-refractivity contribution >= 4 is 50.2 Å². The second-order valence-electron chi connectivity index (χ2n) is 11.9. The fraction of sp³-hybridized carbons (Fsp3) is 0.0976. The Labute approximate surface area is 275 Å². The highest BCUT2D eigenvalue weighted by molar-refractivity contribution is 6.24. The molecule has 7 aromatic rings. The van der Waals surface area contributed by atoms with Gasteiger partial charge >= 0.3 is 17.9 Å². The number of benzene rings is 7. The van der Waals surface area contributed by atoms with Gasteiger partial charge in [0.1, 0.15) is 0 Å². The van der Waals surface area contributed by atoms with Crippen LogP contribution in [0.15, 0.2) is 140 Å². The smallest absolute Gasteiger partial charge is 0.338 e. The molecule has 4 atom stereocenters. The van der Waals surface area contributed by atoms with Gasteiger partial charge < -0.3 is 19.9 Å². The molecule has 0 heterocycles. The summed E-state index contributed by atoms with van der Waals surface area (Å²) in [5.41, 5.74) is 9.26. The molecular formula is C41H29NO6. The van der Waals surface area contributed by atoms with E-state index in [1.807, 2.05) is 30.3 Å². The van der Waals surface area contributed by atoms with Crippen molar-refractivity contribution in [1.29, 1.82) is 0 Å². The van der Waals surface area contributed by atoms with Gasteiger partial charge in [0.2, 0.25) is 0 Å². The number of hydrogen-bond acceptors (Lipinski definition) is 7. The van der Waals surface area contributed by atoms with E-state index < -0.39 is 42.3 Å². The summed E-state index contributed by atoms with van der Waals surface area (Å²) >= 11 is 0. The van der Waals surface area contributed by atoms with Crippen LogP contribution in [0.3, 0.4) is 0 Å². The van der Waals surface area contributed by atoms with Gasteiger partial charge in [-0.2, -0.15) is 0 Å². The highest BCUT2D eigenvalue weighted by Gasteiger charge is 2.49. The number of carbonyl (C=O) groups excluding carboxylic acids is 3. The summed E-state index contributed by atoms with van der Waals surface area (Å²) in [6, 6.07) is 40.9. The predicted octanol–water partition coefficient (Wildman–Crippen LogP) is 7.95. The minimum Gasteiger partial charge on any atom is -0.453 e. The fourth-order valence-corrected chi connectivity index (χ4v) is 6.87. The average Bonchev–Trinajstić information content (AvgIpc) is 3.14. The predicted molar refractivity (Wildman–Crippen MR) is 183 cm³/mol. The summed E-state index contributed by atoms with van der Waals surface area (Å²) in [6.07, 6.45) is -3.67. The maximum atomic E-state index is 13.7. The van der Waals surface area contributed by atoms with Gasteiger partial charge in [-0.3, -0.25) is 0 Å². The third kappa shape index (κ3) is 5.01. The van der Waals surface area contributed by atoms with Crippen LogP contribution in [0.2, 0.25) is 0 Å². The molecule has 0 aliphatic heterocycles. The molecule has 1 aliphatic rings. The molecular weight excluding hydrogens is 602 g/mol. The first-order valence-electron chi connectivity index (χ1n) is 15.7. The van der Waals surface area contributed by atoms with Crippen molar-refractivity contribution in [1.82, 2.24) is 0 Å². The lowest BCUT2D eigenvalue weighted by molar-refractivity contribution is -0.103. The number of esters is 3. The third-order valence-corrected chi connectivity index (χ3v) is 9.09. The summed E-state index contributed by atoms with van der Waals surface area (Å²) in [4.78, 5) is 41.0. The van der Waals surface area contributed by atoms with Crippen molar-refractivity contribution in [2.75, 3.05) is 0 Å². The van der Waals surface area contributed by atoms with E-state index in [0.717, 1.165) is 32.3 Å². The molecule has 4 unspecified atom stereocenters. The summed E-state index contributed by atoms with van der Waals surface area (Å²) in [7, 11) is 0. The van der Waals surface area contributed by atoms with Crippen molar-refractivity contribution in [2.24, 2.45) is 5.73 Å². The highest BCUT2D eigenvalue weighted by Crippen LogP contribution is 2.48. The molecule has 8 rings (SSSR count). The summed E-state index contributed by atoms with van der Waals surface area (Å²) in [5.74, 6) is -1.94. The van der Waals surface area contributed by atoms with Gasteiger partial charge in [0, 0.05) is 5.56 Å². The Balaban J connectivity index is 1.34. The van der Waals surface area contributed by atoms with Crippen molar-refractivity contribution in [3.05, 3.63) is 167 Å². The van der Waals surface area contributed by atoms with E-state index >= 15 is 0 Å². The molecule has 0 aromatic heterocycles. The minimum atomic E-state index is -1.28. The van der Waals surface area contributed by atoms with Crippen LogP contribution < -0.4 is 5.73 Å². The molecule has 0 saturated carbocycles. The molecule has 2 N–H and O–H groups in total. The summed E-state index contributed by atoms with van der Waals surface area (Å²) < 4.78 is 18.6. The Hall–Kier alpha value is -6.05. The number of hydrogen-bond donors (Lipinski definition) is 1. The van der Waals surface area contributed by atoms with Gasteiger partial charge in [0.05, 0.1) is 22.7 Å². The van der Waals surface area contributed by atoms with Crippen molar-refractivity contribution in [3.8, 4) is 0 Å². The van der Waals surface area contributed by atoms with Crippen LogP contribution in [0.5, 0.6) is 0 Å². The molecule has 0 spiro atoms. The van der Waals surface area contributed by atoms with Crippen LogP contribution in [0.1, 0.15) is 54.3 Å². The Morgan fingerprint density at radius 2 is 0.958 bits per heavy atom. The lowest BCUT2D eigenvalue weighted by Crippen LogP contribution is -2.50. The van der Waals surface area contributed by atoms with Gasteiger partial charge in [0.15, 0.2) is 18.3 Å². The molecule has 0 fully saturated rings. The van der Waals surface area contributed by atoms with Gasteiger partial charge in [0.25, 0.3) is 0 Å². The summed E-state index contributed by atoms with van der Waals surface area (Å²) in [5, 5.41) is 5.98. The van der Waals surface area contributed by atoms with Crippen LogP contribution in [0.25, 0.3) is 32.3 Å². The molecule has 0 bridgehead atoms. The Kier molecular flexibility index (Phi) is 7.31. The number of rotatable bonds is 6. The van der Waals surface area contributed by atoms with Crippen molar-refractivity contribution in [2.45, 2.75) is 24.4 Å². The molecule has 1 aliphatic carbocycles. The number of carbonyl (C=O) groups is 3. The van der Waals surface area contributed by atoms with Gasteiger partial charge in [-0.25, -0.2) is 14.4 Å². The average molecular weight is 632 g/mol. The first-order chi connectivity index (χ1) is 23.5. The minimum absolute atomic E-state index is 0.286. The van der Waals surface area contributed by atoms with E-state index in [9.17, 15) is 14.4 Å². The van der Waals surface area contributed by atoms with E-state index in [1.165, 1.54) is 0 Å². The van der Waals surface area contributed by atoms with Crippen LogP contribution in [-0.2, 0) is 14.2 Å². The van der Waals surface area contributed by atoms with E-state index in [2.05, 4.69) is 18.2 Å². The quantitative estimate of drug-likeness (QED) is 0.113. The normalized spacial score (nSPS) is 18.8. The zero-order valence-corrected chi connectivity index (χ0v) is 25.6. The van der Waals surface area contributed by atoms with Crippen molar-refractivity contribution < 1.29 is 28.6 Å². The number of ether oxygens (including phenoxy) is 3. The molecule has 7 nitrogen and oxygen atoms in total. The van der Waals surface area contributed by atoms with Crippen LogP contribution in [0.4, 0.5) is 0 Å². The molecule has 0 radical (unpaired) electrons. The molecule has 0 amide bonds. The maximum absolute atomic E-state index is 13.7. The van der Waals surface area contributed by atoms with Crippen LogP contribution in [0, 0.1) is 0 Å². The number of fused-ring (bicyclic) bond motifs is 2. The fourth-order valence-electron chi connectivity index (χ4n) is 6.87. The molecule has 234 valence electrons. The third-order valence-electron chi connectivity index (χ3n) is 9.09. The number of nitrogens with two attached hydrogens (primary N) is 1. The van der Waals surface area contributed by atoms with Crippen LogP contribution in [-0.4, -0.2) is 30.1 Å². The van der Waals surface area contributed by atoms with Crippen molar-refractivity contribution in [3.63, 3.8) is 0 Å². The van der Waals surface area contributed by atoms with Gasteiger partial charge in [-0.1, -0.05) is 97.1 Å². The topological polar surface area (TPSA) is 105 Å². The molecule has 48 heavy (non-hydrogen) atoms. The van der Waals surface area contributed by atoms with Gasteiger partial charge in [-0.15, -0.1) is 0 Å². The molecule has 0 saturated heterocycles. The second kappa shape index (κ2) is 12.0. The first-order valence-corrected chi connectivity index (χ1v) is 15.7. The van der Waals surface area contributed by atoms with E-state index in [-0.39, 0.29) is 5.56 Å². The Morgan fingerprint density at radius 1 is 0.479 bits per heavy atom. The first kappa shape index (κ1) is 29.4. The Morgan fingerprint density at radius 3 is 1.52 bits per heavy atom. The maximum Gasteiger partial charge on any atom is 0.338 e. The zero-order chi connectivity index (χ0) is 32.8.